The van der Waals surface area contributed by atoms with Crippen LogP contribution in [0.3, 0.4) is 0 Å². The molecular weight excluding hydrogens is 427 g/mol. The van der Waals surface area contributed by atoms with E-state index in [0.717, 1.165) is 0 Å². The molecule has 0 aliphatic heterocycles. The van der Waals surface area contributed by atoms with Crippen LogP contribution in [-0.2, 0) is 103 Å². The molecule has 0 aromatic carbocycles. The van der Waals surface area contributed by atoms with Gasteiger partial charge >= 0.3 is 103 Å². The predicted molar refractivity (Wildman–Crippen MR) is 42.6 cm³/mol. The first-order valence-electron chi connectivity index (χ1n) is 0. The fraction of sp³-hybridized carbons (Fsp3) is 1.00. The van der Waals surface area contributed by atoms with E-state index >= 15 is 0 Å². The van der Waals surface area contributed by atoms with E-state index in [4.69, 9.17) is 0 Å². The first-order chi connectivity index (χ1) is 0. The van der Waals surface area contributed by atoms with Gasteiger partial charge < -0.3 is 9.00 Å². The summed E-state index contributed by atoms with van der Waals surface area (Å²) in [6.45, 7) is 0. The van der Waals surface area contributed by atoms with Crippen molar-refractivity contribution in [3.05, 3.63) is 0 Å². The zero-order chi connectivity index (χ0) is 0. The van der Waals surface area contributed by atoms with Crippen LogP contribution in [0.15, 0.2) is 0 Å². The monoisotopic (exact) mass is 466 g/mol. The van der Waals surface area contributed by atoms with Crippen LogP contribution in [0.25, 0.3) is 0 Å². The summed E-state index contributed by atoms with van der Waals surface area (Å²) in [5.74, 6) is 0. The molecule has 0 rings (SSSR count). The van der Waals surface area contributed by atoms with Crippen LogP contribution < -0.4 is 109 Å². The average Bonchev–Trinajstić information content (AvgIpc) is 0. The normalized spacial score (nSPS) is 0. The minimum absolute atomic E-state index is 0. The van der Waals surface area contributed by atoms with Crippen LogP contribution in [0, 0.1) is 0 Å². The van der Waals surface area contributed by atoms with Gasteiger partial charge in [0.2, 0.25) is 0 Å². The van der Waals surface area contributed by atoms with Crippen LogP contribution in [-0.4, -0.2) is 0 Å². The minimum Gasteiger partial charge on any atom is -1.00 e. The van der Waals surface area contributed by atoms with E-state index in [-0.39, 0.29) is 250 Å². The summed E-state index contributed by atoms with van der Waals surface area (Å²) >= 11 is 0. The number of hydrogen-bond donors (Lipinski definition) is 1. The first kappa shape index (κ1) is 112. The second-order valence-corrected chi connectivity index (χ2v) is 0. The molecule has 1 nitrogen and oxygen atoms in total. The van der Waals surface area contributed by atoms with E-state index in [1.807, 2.05) is 0 Å². The fourth-order valence-electron chi connectivity index (χ4n) is 0. The van der Waals surface area contributed by atoms with Crippen molar-refractivity contribution in [3.8, 4) is 0 Å². The van der Waals surface area contributed by atoms with Crippen molar-refractivity contribution < 1.29 is 221 Å². The Morgan fingerprint density at radius 1 is 0.818 bits per heavy atom. The van der Waals surface area contributed by atoms with E-state index in [2.05, 4.69) is 0 Å². The smallest absolute Gasteiger partial charge is 1.00 e. The van der Waals surface area contributed by atoms with Crippen LogP contribution in [0.5, 0.6) is 0 Å². The summed E-state index contributed by atoms with van der Waals surface area (Å²) in [4.78, 5) is 0. The van der Waals surface area contributed by atoms with E-state index < -0.39 is 0 Å². The van der Waals surface area contributed by atoms with Crippen molar-refractivity contribution in [2.75, 3.05) is 0 Å². The molecule has 0 bridgehead atoms. The molecule has 0 aromatic heterocycles. The Labute approximate surface area is 243 Å². The van der Waals surface area contributed by atoms with E-state index in [1.165, 1.54) is 0 Å². The quantitative estimate of drug-likeness (QED) is 0.409. The predicted octanol–water partition coefficient (Wildman–Crippen LogP) is -2.08. The first-order valence-corrected chi connectivity index (χ1v) is 0. The molecule has 0 unspecified atom stereocenters. The zero-order valence-corrected chi connectivity index (χ0v) is 19.9. The van der Waals surface area contributed by atoms with Crippen LogP contribution in [0.4, 0.5) is 4.70 Å². The third kappa shape index (κ3) is 81.8. The number of halogens is 1. The summed E-state index contributed by atoms with van der Waals surface area (Å²) in [6.07, 6.45) is 0. The SMILES string of the molecule is C.C.C.F.N.[2HH].[2HH].[2HH].[3HH].[3HH].[3HH].[H-].[H-].[K+].[K+].[V].[V].[Y].[Y]. The van der Waals surface area contributed by atoms with Crippen molar-refractivity contribution in [1.82, 2.24) is 6.15 Å². The molecule has 0 heterocycles. The Hall–Kier alpha value is 6.54. The molecule has 0 amide bonds. The average molecular weight is 466 g/mol. The number of hydrogen-bond acceptors (Lipinski definition) is 1. The van der Waals surface area contributed by atoms with Crippen molar-refractivity contribution in [2.24, 2.45) is 0 Å². The van der Waals surface area contributed by atoms with Gasteiger partial charge in [-0.15, -0.1) is 0 Å². The summed E-state index contributed by atoms with van der Waals surface area (Å²) < 4.78 is 0. The van der Waals surface area contributed by atoms with E-state index in [0.29, 0.717) is 0 Å². The van der Waals surface area contributed by atoms with Crippen LogP contribution in [0.2, 0.25) is 0 Å². The molecule has 0 fully saturated rings. The fourth-order valence-corrected chi connectivity index (χ4v) is 0. The standard InChI is InChI=1S/3CH4.FH.2K.H3N.2V.2Y.6H2.2H/h3*1H4;1H;;;1H3;;;;;6*1H;;/q;;;;2*+1;;;;;;;;;;;;2*-1/i;;;;;;;;;;;3*1+2;3*1+1;;. The maximum atomic E-state index is 0. The second kappa shape index (κ2) is 93.4. The maximum absolute atomic E-state index is 0. The molecule has 72 valence electrons. The molecule has 0 saturated heterocycles. The van der Waals surface area contributed by atoms with Gasteiger partial charge in [0.05, 0.1) is 0 Å². The molecule has 4 radical (unpaired) electrons. The topological polar surface area (TPSA) is 35.0 Å². The minimum atomic E-state index is 0. The summed E-state index contributed by atoms with van der Waals surface area (Å²) in [5, 5.41) is 0. The molecule has 3 N–H and O–H groups in total. The zero-order valence-electron chi connectivity index (χ0n) is 7.16. The van der Waals surface area contributed by atoms with Gasteiger partial charge in [-0.3, -0.25) is 4.70 Å². The van der Waals surface area contributed by atoms with Crippen LogP contribution >= 0.6 is 0 Å². The van der Waals surface area contributed by atoms with Gasteiger partial charge in [0, 0.05) is 111 Å². The van der Waals surface area contributed by atoms with E-state index in [1.54, 1.807) is 0 Å². The van der Waals surface area contributed by atoms with Gasteiger partial charge in [0.15, 0.2) is 0 Å². The number of rotatable bonds is 0. The van der Waals surface area contributed by atoms with Gasteiger partial charge in [-0.05, 0) is 0 Å². The summed E-state index contributed by atoms with van der Waals surface area (Å²) in [5.41, 5.74) is 0. The maximum Gasteiger partial charge on any atom is 1.00 e. The third-order valence-electron chi connectivity index (χ3n) is 0. The van der Waals surface area contributed by atoms with Crippen molar-refractivity contribution >= 4 is 0 Å². The molecular formula is C3H30FK2NV2Y2. The van der Waals surface area contributed by atoms with Gasteiger partial charge in [-0.25, -0.2) is 0 Å². The molecule has 0 aliphatic carbocycles. The van der Waals surface area contributed by atoms with E-state index in [9.17, 15) is 0 Å². The Balaban J connectivity index is 0. The molecule has 0 atom stereocenters. The molecule has 0 spiro atoms. The summed E-state index contributed by atoms with van der Waals surface area (Å²) in [7, 11) is 0. The Morgan fingerprint density at radius 2 is 0.818 bits per heavy atom. The molecule has 11 heavy (non-hydrogen) atoms. The molecule has 0 saturated carbocycles. The molecule has 0 aliphatic rings. The Morgan fingerprint density at radius 3 is 0.818 bits per heavy atom. The van der Waals surface area contributed by atoms with Gasteiger partial charge in [-0.1, -0.05) is 22.3 Å². The Bertz CT molecular complexity index is 46.0. The van der Waals surface area contributed by atoms with Crippen molar-refractivity contribution in [2.45, 2.75) is 22.3 Å². The largest absolute Gasteiger partial charge is 1.00 e. The van der Waals surface area contributed by atoms with Gasteiger partial charge in [0.1, 0.15) is 0 Å². The van der Waals surface area contributed by atoms with Gasteiger partial charge in [-0.2, -0.15) is 0 Å². The summed E-state index contributed by atoms with van der Waals surface area (Å²) in [6, 6.07) is 0. The van der Waals surface area contributed by atoms with Crippen molar-refractivity contribution in [3.63, 3.8) is 0 Å². The second-order valence-electron chi connectivity index (χ2n) is 0. The molecule has 0 aromatic rings. The van der Waals surface area contributed by atoms with Gasteiger partial charge in [0.25, 0.3) is 0 Å². The van der Waals surface area contributed by atoms with Crippen LogP contribution in [0.1, 0.15) is 33.7 Å². The third-order valence-corrected chi connectivity index (χ3v) is 0. The van der Waals surface area contributed by atoms with Crippen molar-refractivity contribution in [1.29, 1.82) is 0 Å². The Kier molecular flexibility index (Phi) is 953. The molecule has 8 heteroatoms.